The van der Waals surface area contributed by atoms with E-state index in [0.29, 0.717) is 37.7 Å². The first-order valence-electron chi connectivity index (χ1n) is 11.0. The molecule has 34 heavy (non-hydrogen) atoms. The first kappa shape index (κ1) is 24.0. The van der Waals surface area contributed by atoms with Crippen molar-refractivity contribution in [3.8, 4) is 11.5 Å². The van der Waals surface area contributed by atoms with E-state index in [1.165, 1.54) is 16.4 Å². The summed E-state index contributed by atoms with van der Waals surface area (Å²) in [6.45, 7) is 3.30. The Hall–Kier alpha value is -3.15. The molecule has 2 aliphatic rings. The predicted octanol–water partition coefficient (Wildman–Crippen LogP) is 0.936. The lowest BCUT2D eigenvalue weighted by molar-refractivity contribution is -0.140. The maximum atomic E-state index is 13.3. The van der Waals surface area contributed by atoms with Gasteiger partial charge in [-0.15, -0.1) is 0 Å². The Morgan fingerprint density at radius 1 is 0.971 bits per heavy atom. The van der Waals surface area contributed by atoms with Crippen molar-refractivity contribution < 1.29 is 32.2 Å². The van der Waals surface area contributed by atoms with E-state index in [0.717, 1.165) is 11.1 Å². The quantitative estimate of drug-likeness (QED) is 0.579. The third-order valence-electron chi connectivity index (χ3n) is 5.49. The third-order valence-corrected chi connectivity index (χ3v) is 7.38. The number of benzene rings is 2. The minimum absolute atomic E-state index is 0.0365. The van der Waals surface area contributed by atoms with Gasteiger partial charge in [-0.2, -0.15) is 4.31 Å². The Morgan fingerprint density at radius 3 is 2.44 bits per heavy atom. The average Bonchev–Trinajstić information content (AvgIpc) is 2.86. The van der Waals surface area contributed by atoms with Gasteiger partial charge >= 0.3 is 11.8 Å². The number of fused-ring (bicyclic) bond motifs is 1. The number of sulfonamides is 1. The molecule has 182 valence electrons. The molecule has 0 radical (unpaired) electrons. The van der Waals surface area contributed by atoms with Crippen molar-refractivity contribution in [3.63, 3.8) is 0 Å². The lowest BCUT2D eigenvalue weighted by Gasteiger charge is -2.34. The van der Waals surface area contributed by atoms with Gasteiger partial charge in [-0.05, 0) is 31.0 Å². The molecule has 11 heteroatoms. The van der Waals surface area contributed by atoms with Gasteiger partial charge in [0.2, 0.25) is 10.0 Å². The van der Waals surface area contributed by atoms with E-state index >= 15 is 0 Å². The Morgan fingerprint density at radius 2 is 1.68 bits per heavy atom. The summed E-state index contributed by atoms with van der Waals surface area (Å²) in [5.41, 5.74) is 1.95. The minimum atomic E-state index is -3.94. The first-order chi connectivity index (χ1) is 16.3. The highest BCUT2D eigenvalue weighted by molar-refractivity contribution is 7.89. The van der Waals surface area contributed by atoms with Crippen molar-refractivity contribution in [1.29, 1.82) is 0 Å². The molecule has 0 bridgehead atoms. The Labute approximate surface area is 198 Å². The summed E-state index contributed by atoms with van der Waals surface area (Å²) in [5.74, 6) is -0.823. The first-order valence-corrected chi connectivity index (χ1v) is 12.4. The number of aryl methyl sites for hydroxylation is 1. The highest BCUT2D eigenvalue weighted by Gasteiger charge is 2.35. The second-order valence-corrected chi connectivity index (χ2v) is 9.87. The number of carbonyl (C=O) groups excluding carboxylic acids is 2. The van der Waals surface area contributed by atoms with Crippen molar-refractivity contribution in [2.24, 2.45) is 0 Å². The zero-order valence-electron chi connectivity index (χ0n) is 18.8. The molecule has 0 spiro atoms. The molecule has 2 aromatic rings. The maximum absolute atomic E-state index is 13.3. The maximum Gasteiger partial charge on any atom is 0.309 e. The van der Waals surface area contributed by atoms with Crippen LogP contribution in [-0.4, -0.2) is 63.7 Å². The molecule has 0 aliphatic carbocycles. The summed E-state index contributed by atoms with van der Waals surface area (Å²) in [5, 5.41) is 5.03. The molecule has 0 aromatic heterocycles. The fourth-order valence-corrected chi connectivity index (χ4v) is 5.23. The molecule has 0 saturated carbocycles. The van der Waals surface area contributed by atoms with Crippen LogP contribution in [0.25, 0.3) is 0 Å². The van der Waals surface area contributed by atoms with Crippen molar-refractivity contribution in [1.82, 2.24) is 14.9 Å². The predicted molar refractivity (Wildman–Crippen MR) is 122 cm³/mol. The monoisotopic (exact) mass is 489 g/mol. The zero-order chi connectivity index (χ0) is 24.1. The van der Waals surface area contributed by atoms with Crippen molar-refractivity contribution in [2.45, 2.75) is 31.0 Å². The van der Waals surface area contributed by atoms with Crippen LogP contribution in [-0.2, 0) is 30.9 Å². The average molecular weight is 490 g/mol. The molecule has 1 fully saturated rings. The van der Waals surface area contributed by atoms with E-state index in [2.05, 4.69) is 10.6 Å². The van der Waals surface area contributed by atoms with Crippen LogP contribution in [0.1, 0.15) is 17.5 Å². The van der Waals surface area contributed by atoms with Gasteiger partial charge in [0.1, 0.15) is 19.4 Å². The van der Waals surface area contributed by atoms with E-state index in [1.54, 1.807) is 6.07 Å². The van der Waals surface area contributed by atoms with Crippen LogP contribution in [0.2, 0.25) is 0 Å². The normalized spacial score (nSPS) is 18.2. The number of carbonyl (C=O) groups is 2. The molecule has 2 aliphatic heterocycles. The minimum Gasteiger partial charge on any atom is -0.486 e. The van der Waals surface area contributed by atoms with Crippen LogP contribution in [0.15, 0.2) is 47.4 Å². The SMILES string of the molecule is Cc1ccc(CNC(=O)C(=O)NC[C@@H]2OCCCN2S(=O)(=O)c2ccc3c(c2)OCCO3)cc1. The smallest absolute Gasteiger partial charge is 0.309 e. The Bertz CT molecular complexity index is 1150. The van der Waals surface area contributed by atoms with Crippen molar-refractivity contribution in [3.05, 3.63) is 53.6 Å². The lowest BCUT2D eigenvalue weighted by Crippen LogP contribution is -2.53. The Kier molecular flexibility index (Phi) is 7.35. The number of amides is 2. The van der Waals surface area contributed by atoms with E-state index in [4.69, 9.17) is 14.2 Å². The van der Waals surface area contributed by atoms with Crippen LogP contribution in [0.5, 0.6) is 11.5 Å². The van der Waals surface area contributed by atoms with Gasteiger partial charge in [-0.1, -0.05) is 29.8 Å². The summed E-state index contributed by atoms with van der Waals surface area (Å²) < 4.78 is 44.4. The van der Waals surface area contributed by atoms with Gasteiger partial charge in [0.05, 0.1) is 18.0 Å². The molecule has 10 nitrogen and oxygen atoms in total. The van der Waals surface area contributed by atoms with E-state index < -0.39 is 28.1 Å². The molecule has 2 heterocycles. The molecule has 4 rings (SSSR count). The van der Waals surface area contributed by atoms with Crippen LogP contribution in [0.3, 0.4) is 0 Å². The number of rotatable bonds is 6. The molecule has 2 N–H and O–H groups in total. The van der Waals surface area contributed by atoms with Gasteiger partial charge in [0.25, 0.3) is 0 Å². The van der Waals surface area contributed by atoms with Crippen LogP contribution >= 0.6 is 0 Å². The van der Waals surface area contributed by atoms with Crippen LogP contribution in [0.4, 0.5) is 0 Å². The topological polar surface area (TPSA) is 123 Å². The number of hydrogen-bond acceptors (Lipinski definition) is 7. The van der Waals surface area contributed by atoms with Gasteiger partial charge in [-0.3, -0.25) is 9.59 Å². The van der Waals surface area contributed by atoms with Gasteiger partial charge in [0, 0.05) is 19.2 Å². The van der Waals surface area contributed by atoms with Gasteiger partial charge in [-0.25, -0.2) is 8.42 Å². The van der Waals surface area contributed by atoms with Crippen LogP contribution in [0, 0.1) is 6.92 Å². The number of ether oxygens (including phenoxy) is 3. The van der Waals surface area contributed by atoms with E-state index in [9.17, 15) is 18.0 Å². The van der Waals surface area contributed by atoms with Crippen LogP contribution < -0.4 is 20.1 Å². The Balaban J connectivity index is 1.37. The number of hydrogen-bond donors (Lipinski definition) is 2. The highest BCUT2D eigenvalue weighted by Crippen LogP contribution is 2.34. The fraction of sp³-hybridized carbons (Fsp3) is 0.391. The summed E-state index contributed by atoms with van der Waals surface area (Å²) in [7, 11) is -3.94. The summed E-state index contributed by atoms with van der Waals surface area (Å²) >= 11 is 0. The van der Waals surface area contributed by atoms with Gasteiger partial charge < -0.3 is 24.8 Å². The number of nitrogens with zero attached hydrogens (tertiary/aromatic N) is 1. The lowest BCUT2D eigenvalue weighted by atomic mass is 10.1. The number of nitrogens with one attached hydrogen (secondary N) is 2. The third kappa shape index (κ3) is 5.49. The molecule has 1 saturated heterocycles. The van der Waals surface area contributed by atoms with E-state index in [-0.39, 0.29) is 24.5 Å². The molecule has 2 amide bonds. The summed E-state index contributed by atoms with van der Waals surface area (Å²) in [6.07, 6.45) is -0.438. The molecular formula is C23H27N3O7S. The molecule has 1 atom stereocenters. The zero-order valence-corrected chi connectivity index (χ0v) is 19.6. The van der Waals surface area contributed by atoms with Crippen molar-refractivity contribution in [2.75, 3.05) is 32.9 Å². The summed E-state index contributed by atoms with van der Waals surface area (Å²) in [6, 6.07) is 12.0. The molecule has 0 unspecified atom stereocenters. The van der Waals surface area contributed by atoms with E-state index in [1.807, 2.05) is 31.2 Å². The molecule has 2 aromatic carbocycles. The van der Waals surface area contributed by atoms with Crippen molar-refractivity contribution >= 4 is 21.8 Å². The second kappa shape index (κ2) is 10.4. The highest BCUT2D eigenvalue weighted by atomic mass is 32.2. The standard InChI is InChI=1S/C23H27N3O7S/c1-16-3-5-17(6-4-16)14-24-22(27)23(28)25-15-21-26(9-2-10-33-21)34(29,30)18-7-8-19-20(13-18)32-12-11-31-19/h3-8,13,21H,2,9-12,14-15H2,1H3,(H,24,27)(H,25,28)/t21-/m0/s1. The molecular weight excluding hydrogens is 462 g/mol. The fourth-order valence-electron chi connectivity index (χ4n) is 3.65. The van der Waals surface area contributed by atoms with Gasteiger partial charge in [0.15, 0.2) is 11.5 Å². The second-order valence-electron chi connectivity index (χ2n) is 7.98. The largest absolute Gasteiger partial charge is 0.486 e. The summed E-state index contributed by atoms with van der Waals surface area (Å²) in [4.78, 5) is 24.5.